The molecule has 0 aliphatic heterocycles. The van der Waals surface area contributed by atoms with Gasteiger partial charge in [-0.15, -0.1) is 4.57 Å². The predicted octanol–water partition coefficient (Wildman–Crippen LogP) is 2.86. The van der Waals surface area contributed by atoms with Crippen LogP contribution < -0.4 is 25.5 Å². The van der Waals surface area contributed by atoms with E-state index in [1.54, 1.807) is 25.4 Å². The quantitative estimate of drug-likeness (QED) is 0.162. The molecule has 44 heavy (non-hydrogen) atoms. The number of ketones is 1. The molecule has 0 fully saturated rings. The third kappa shape index (κ3) is 10.9. The number of aromatic amines is 1. The van der Waals surface area contributed by atoms with E-state index in [9.17, 15) is 40.7 Å². The number of aliphatic carboxylic acids is 1. The maximum atomic E-state index is 13.0. The molecule has 2 heterocycles. The van der Waals surface area contributed by atoms with Crippen molar-refractivity contribution < 1.29 is 59.9 Å². The molecule has 0 saturated carbocycles. The van der Waals surface area contributed by atoms with E-state index in [-0.39, 0.29) is 24.5 Å². The zero-order valence-corrected chi connectivity index (χ0v) is 24.1. The van der Waals surface area contributed by atoms with E-state index < -0.39 is 41.8 Å². The molecule has 1 aromatic carbocycles. The minimum atomic E-state index is -5.19. The van der Waals surface area contributed by atoms with Crippen molar-refractivity contribution in [2.45, 2.75) is 44.6 Å². The second-order valence-electron chi connectivity index (χ2n) is 9.21. The summed E-state index contributed by atoms with van der Waals surface area (Å²) in [5, 5.41) is 12.3. The predicted molar refractivity (Wildman–Crippen MR) is 146 cm³/mol. The van der Waals surface area contributed by atoms with Gasteiger partial charge in [-0.2, -0.15) is 38.1 Å². The number of ether oxygens (including phenoxy) is 1. The Hall–Kier alpha value is -4.12. The van der Waals surface area contributed by atoms with E-state index in [0.717, 1.165) is 33.9 Å². The van der Waals surface area contributed by atoms with Gasteiger partial charge in [0, 0.05) is 22.7 Å². The fraction of sp³-hybridized carbons (Fsp3) is 0.370. The molecule has 0 bridgehead atoms. The van der Waals surface area contributed by atoms with Gasteiger partial charge in [-0.05, 0) is 55.3 Å². The van der Waals surface area contributed by atoms with Gasteiger partial charge in [0.2, 0.25) is 17.9 Å². The number of aryl methyl sites for hydroxylation is 1. The van der Waals surface area contributed by atoms with Crippen molar-refractivity contribution in [2.24, 2.45) is 5.73 Å². The number of pyridine rings is 1. The first-order chi connectivity index (χ1) is 20.4. The number of Topliss-reactive ketones (excluding diaryl/α,β-unsaturated/α-hetero) is 1. The molecule has 2 aromatic heterocycles. The SMILES string of the molecule is COc1ccc2[nH]c(C)c(CC(=O)[n+]3cccc(NC(=O)[C@@H](N)CCCSCC(=O)C(F)(F)F)c3)c2c1.O=C([O-])C(F)(F)F. The van der Waals surface area contributed by atoms with Gasteiger partial charge in [-0.3, -0.25) is 9.59 Å². The minimum absolute atomic E-state index is 0.120. The number of carbonyl (C=O) groups excluding carboxylic acids is 4. The molecule has 1 amide bonds. The van der Waals surface area contributed by atoms with Crippen molar-refractivity contribution >= 4 is 51.9 Å². The number of hydrogen-bond donors (Lipinski definition) is 3. The van der Waals surface area contributed by atoms with Crippen molar-refractivity contribution in [1.29, 1.82) is 0 Å². The molecule has 0 radical (unpaired) electrons. The van der Waals surface area contributed by atoms with Crippen LogP contribution in [0.25, 0.3) is 10.9 Å². The van der Waals surface area contributed by atoms with Crippen LogP contribution in [0.2, 0.25) is 0 Å². The summed E-state index contributed by atoms with van der Waals surface area (Å²) in [5.41, 5.74) is 8.88. The van der Waals surface area contributed by atoms with Gasteiger partial charge in [0.1, 0.15) is 23.8 Å². The van der Waals surface area contributed by atoms with Crippen molar-refractivity contribution in [3.05, 3.63) is 54.0 Å². The lowest BCUT2D eigenvalue weighted by Crippen LogP contribution is -2.43. The molecule has 0 spiro atoms. The van der Waals surface area contributed by atoms with Gasteiger partial charge in [0.15, 0.2) is 6.20 Å². The number of amides is 1. The highest BCUT2D eigenvalue weighted by Gasteiger charge is 2.37. The van der Waals surface area contributed by atoms with Crippen LogP contribution in [0.1, 0.15) is 28.9 Å². The number of alkyl halides is 6. The maximum absolute atomic E-state index is 13.0. The highest BCUT2D eigenvalue weighted by Crippen LogP contribution is 2.27. The summed E-state index contributed by atoms with van der Waals surface area (Å²) in [6, 6.07) is 7.95. The molecule has 0 unspecified atom stereocenters. The first-order valence-corrected chi connectivity index (χ1v) is 13.8. The Labute approximate surface area is 250 Å². The number of halogens is 6. The number of H-pyrrole nitrogens is 1. The lowest BCUT2D eigenvalue weighted by atomic mass is 10.1. The summed E-state index contributed by atoms with van der Waals surface area (Å²) in [6.45, 7) is 1.89. The molecule has 10 nitrogen and oxygen atoms in total. The number of rotatable bonds is 11. The zero-order chi connectivity index (χ0) is 33.2. The summed E-state index contributed by atoms with van der Waals surface area (Å²) in [7, 11) is 1.58. The van der Waals surface area contributed by atoms with E-state index in [0.29, 0.717) is 17.9 Å². The number of benzene rings is 1. The summed E-state index contributed by atoms with van der Waals surface area (Å²) in [5.74, 6) is -5.20. The number of fused-ring (bicyclic) bond motifs is 1. The smallest absolute Gasteiger partial charge is 0.450 e. The third-order valence-corrected chi connectivity index (χ3v) is 6.98. The Morgan fingerprint density at radius 2 is 1.77 bits per heavy atom. The normalized spacial score (nSPS) is 12.2. The number of aromatic nitrogens is 2. The van der Waals surface area contributed by atoms with Gasteiger partial charge in [-0.25, -0.2) is 4.79 Å². The summed E-state index contributed by atoms with van der Waals surface area (Å²) in [4.78, 5) is 48.4. The first-order valence-electron chi connectivity index (χ1n) is 12.7. The fourth-order valence-electron chi connectivity index (χ4n) is 3.68. The largest absolute Gasteiger partial charge is 0.542 e. The van der Waals surface area contributed by atoms with E-state index in [1.165, 1.54) is 10.8 Å². The summed E-state index contributed by atoms with van der Waals surface area (Å²) in [6.07, 6.45) is -6.23. The van der Waals surface area contributed by atoms with Crippen LogP contribution >= 0.6 is 11.8 Å². The Balaban J connectivity index is 0.000000860. The van der Waals surface area contributed by atoms with Crippen LogP contribution in [0.4, 0.5) is 32.0 Å². The minimum Gasteiger partial charge on any atom is -0.542 e. The topological polar surface area (TPSA) is 158 Å². The molecule has 4 N–H and O–H groups in total. The van der Waals surface area contributed by atoms with Gasteiger partial charge >= 0.3 is 18.3 Å². The van der Waals surface area contributed by atoms with E-state index in [1.807, 2.05) is 25.1 Å². The molecule has 0 saturated heterocycles. The molecule has 17 heteroatoms. The van der Waals surface area contributed by atoms with E-state index in [2.05, 4.69) is 10.3 Å². The molecular formula is C27H28F6N4O6S. The molecule has 3 aromatic rings. The van der Waals surface area contributed by atoms with Gasteiger partial charge in [0.25, 0.3) is 0 Å². The van der Waals surface area contributed by atoms with Crippen molar-refractivity contribution in [2.75, 3.05) is 23.9 Å². The number of anilines is 1. The van der Waals surface area contributed by atoms with Crippen molar-refractivity contribution in [3.8, 4) is 5.75 Å². The second kappa shape index (κ2) is 15.6. The molecule has 3 rings (SSSR count). The number of thioether (sulfide) groups is 1. The van der Waals surface area contributed by atoms with Gasteiger partial charge in [0.05, 0.1) is 18.9 Å². The molecule has 240 valence electrons. The van der Waals surface area contributed by atoms with E-state index in [4.69, 9.17) is 20.4 Å². The van der Waals surface area contributed by atoms with Crippen LogP contribution in [0.5, 0.6) is 5.75 Å². The Kier molecular flexibility index (Phi) is 12.8. The lowest BCUT2D eigenvalue weighted by Gasteiger charge is -2.11. The fourth-order valence-corrected chi connectivity index (χ4v) is 4.55. The Morgan fingerprint density at radius 3 is 2.36 bits per heavy atom. The number of nitrogens with one attached hydrogen (secondary N) is 2. The second-order valence-corrected chi connectivity index (χ2v) is 10.3. The average Bonchev–Trinajstić information content (AvgIpc) is 3.25. The van der Waals surface area contributed by atoms with Gasteiger partial charge < -0.3 is 30.7 Å². The summed E-state index contributed by atoms with van der Waals surface area (Å²) >= 11 is 0.849. The molecule has 1 atom stereocenters. The molecule has 0 aliphatic carbocycles. The van der Waals surface area contributed by atoms with Gasteiger partial charge in [-0.1, -0.05) is 0 Å². The number of carboxylic acid groups (broad SMARTS) is 1. The Bertz CT molecular complexity index is 1490. The van der Waals surface area contributed by atoms with Crippen LogP contribution in [0.15, 0.2) is 42.7 Å². The van der Waals surface area contributed by atoms with Crippen LogP contribution in [0.3, 0.4) is 0 Å². The van der Waals surface area contributed by atoms with Crippen LogP contribution in [-0.2, 0) is 20.8 Å². The van der Waals surface area contributed by atoms with Crippen LogP contribution in [0, 0.1) is 6.92 Å². The van der Waals surface area contributed by atoms with Crippen LogP contribution in [-0.4, -0.2) is 65.6 Å². The average molecular weight is 651 g/mol. The van der Waals surface area contributed by atoms with Crippen molar-refractivity contribution in [1.82, 2.24) is 4.98 Å². The summed E-state index contributed by atoms with van der Waals surface area (Å²) < 4.78 is 74.9. The standard InChI is InChI=1S/C25H27F3N4O4S.C2HF3O2/c1-15-18(19-11-17(36-2)7-8-21(19)30-15)12-23(34)32-9-3-5-16(13-32)31-24(35)20(29)6-4-10-37-14-22(33)25(26,27)28;3-2(4,5)1(6)7/h3,5,7-9,11,13,20,30H,4,6,10,12,14,29H2,1-2H3;(H,6,7)/t20-;/m0./s1. The highest BCUT2D eigenvalue weighted by atomic mass is 32.2. The number of carbonyl (C=O) groups is 4. The first kappa shape index (κ1) is 36.1. The molecular weight excluding hydrogens is 622 g/mol. The number of nitrogens with two attached hydrogens (primary N) is 1. The zero-order valence-electron chi connectivity index (χ0n) is 23.3. The van der Waals surface area contributed by atoms with Crippen molar-refractivity contribution in [3.63, 3.8) is 0 Å². The number of methoxy groups -OCH3 is 1. The Morgan fingerprint density at radius 1 is 1.11 bits per heavy atom. The lowest BCUT2D eigenvalue weighted by molar-refractivity contribution is -0.573. The van der Waals surface area contributed by atoms with E-state index >= 15 is 0 Å². The number of nitrogens with zero attached hydrogens (tertiary/aromatic N) is 1. The monoisotopic (exact) mass is 650 g/mol. The number of carboxylic acids is 1. The molecule has 0 aliphatic rings. The third-order valence-electron chi connectivity index (χ3n) is 5.93. The maximum Gasteiger partial charge on any atom is 0.450 e. The highest BCUT2D eigenvalue weighted by molar-refractivity contribution is 7.99. The number of hydrogen-bond acceptors (Lipinski definition) is 8.